The molecule has 0 saturated heterocycles. The van der Waals surface area contributed by atoms with Crippen LogP contribution in [0.15, 0.2) is 24.3 Å². The van der Waals surface area contributed by atoms with E-state index < -0.39 is 0 Å². The minimum absolute atomic E-state index is 0.212. The highest BCUT2D eigenvalue weighted by atomic mass is 16.5. The molecule has 6 heteroatoms. The first kappa shape index (κ1) is 10.6. The largest absolute Gasteiger partial charge is 0.479 e. The maximum absolute atomic E-state index is 5.19. The molecule has 0 saturated carbocycles. The second-order valence-corrected chi connectivity index (χ2v) is 3.60. The van der Waals surface area contributed by atoms with Crippen molar-refractivity contribution in [1.82, 2.24) is 19.9 Å². The molecule has 2 heterocycles. The monoisotopic (exact) mass is 242 g/mol. The van der Waals surface area contributed by atoms with Crippen LogP contribution in [0.25, 0.3) is 22.2 Å². The van der Waals surface area contributed by atoms with Crippen molar-refractivity contribution in [3.8, 4) is 11.9 Å². The Morgan fingerprint density at radius 2 is 1.56 bits per heavy atom. The van der Waals surface area contributed by atoms with E-state index >= 15 is 0 Å². The molecule has 0 bridgehead atoms. The lowest BCUT2D eigenvalue weighted by molar-refractivity contribution is 0.356. The third kappa shape index (κ3) is 1.58. The minimum Gasteiger partial charge on any atom is -0.479 e. The summed E-state index contributed by atoms with van der Waals surface area (Å²) in [5, 5.41) is 0. The second-order valence-electron chi connectivity index (χ2n) is 3.60. The molecule has 1 aromatic carbocycles. The summed E-state index contributed by atoms with van der Waals surface area (Å²) < 4.78 is 10.2. The van der Waals surface area contributed by atoms with Crippen molar-refractivity contribution in [3.05, 3.63) is 24.3 Å². The average Bonchev–Trinajstić information content (AvgIpc) is 2.43. The van der Waals surface area contributed by atoms with E-state index in [0.717, 1.165) is 11.0 Å². The Kier molecular flexibility index (Phi) is 2.40. The van der Waals surface area contributed by atoms with E-state index in [2.05, 4.69) is 19.9 Å². The molecule has 90 valence electrons. The maximum Gasteiger partial charge on any atom is 0.321 e. The lowest BCUT2D eigenvalue weighted by Gasteiger charge is -2.06. The number of hydrogen-bond donors (Lipinski definition) is 0. The number of methoxy groups -OCH3 is 2. The number of para-hydroxylation sites is 2. The molecule has 3 rings (SSSR count). The number of fused-ring (bicyclic) bond motifs is 2. The van der Waals surface area contributed by atoms with E-state index in [9.17, 15) is 0 Å². The Hall–Kier alpha value is -2.50. The van der Waals surface area contributed by atoms with Crippen molar-refractivity contribution >= 4 is 22.2 Å². The van der Waals surface area contributed by atoms with Crippen LogP contribution in [0.2, 0.25) is 0 Å². The highest BCUT2D eigenvalue weighted by Crippen LogP contribution is 2.23. The predicted molar refractivity (Wildman–Crippen MR) is 65.7 cm³/mol. The first-order chi connectivity index (χ1) is 8.81. The van der Waals surface area contributed by atoms with E-state index in [1.54, 1.807) is 0 Å². The van der Waals surface area contributed by atoms with Gasteiger partial charge in [-0.15, -0.1) is 0 Å². The summed E-state index contributed by atoms with van der Waals surface area (Å²) in [7, 11) is 3.02. The van der Waals surface area contributed by atoms with Crippen LogP contribution < -0.4 is 9.47 Å². The lowest BCUT2D eigenvalue weighted by atomic mass is 10.3. The predicted octanol–water partition coefficient (Wildman–Crippen LogP) is 1.59. The summed E-state index contributed by atoms with van der Waals surface area (Å²) in [4.78, 5) is 17.1. The third-order valence-electron chi connectivity index (χ3n) is 2.53. The second kappa shape index (κ2) is 4.06. The first-order valence-electron chi connectivity index (χ1n) is 5.34. The fourth-order valence-electron chi connectivity index (χ4n) is 1.70. The third-order valence-corrected chi connectivity index (χ3v) is 2.53. The van der Waals surface area contributed by atoms with Gasteiger partial charge in [0, 0.05) is 0 Å². The van der Waals surface area contributed by atoms with Gasteiger partial charge in [-0.1, -0.05) is 12.1 Å². The van der Waals surface area contributed by atoms with Crippen molar-refractivity contribution < 1.29 is 9.47 Å². The summed E-state index contributed by atoms with van der Waals surface area (Å²) in [5.41, 5.74) is 2.53. The topological polar surface area (TPSA) is 70.0 Å². The smallest absolute Gasteiger partial charge is 0.321 e. The zero-order chi connectivity index (χ0) is 12.5. The number of aromatic nitrogens is 4. The van der Waals surface area contributed by atoms with E-state index in [-0.39, 0.29) is 6.01 Å². The van der Waals surface area contributed by atoms with E-state index in [4.69, 9.17) is 9.47 Å². The van der Waals surface area contributed by atoms with Crippen LogP contribution in [-0.2, 0) is 0 Å². The molecule has 0 spiro atoms. The molecule has 3 aromatic rings. The molecular formula is C12H10N4O2. The lowest BCUT2D eigenvalue weighted by Crippen LogP contribution is -2.00. The normalized spacial score (nSPS) is 10.8. The van der Waals surface area contributed by atoms with Crippen molar-refractivity contribution in [1.29, 1.82) is 0 Å². The average molecular weight is 242 g/mol. The Morgan fingerprint density at radius 3 is 2.22 bits per heavy atom. The van der Waals surface area contributed by atoms with E-state index in [0.29, 0.717) is 17.0 Å². The van der Waals surface area contributed by atoms with Gasteiger partial charge in [0.1, 0.15) is 0 Å². The summed E-state index contributed by atoms with van der Waals surface area (Å²) in [6.07, 6.45) is 0. The number of nitrogens with zero attached hydrogens (tertiary/aromatic N) is 4. The van der Waals surface area contributed by atoms with Crippen LogP contribution in [-0.4, -0.2) is 34.2 Å². The van der Waals surface area contributed by atoms with Gasteiger partial charge >= 0.3 is 6.01 Å². The molecule has 0 aliphatic carbocycles. The fourth-order valence-corrected chi connectivity index (χ4v) is 1.70. The van der Waals surface area contributed by atoms with Gasteiger partial charge in [0.15, 0.2) is 11.2 Å². The Bertz CT molecular complexity index is 730. The molecule has 0 radical (unpaired) electrons. The Labute approximate surface area is 103 Å². The summed E-state index contributed by atoms with van der Waals surface area (Å²) >= 11 is 0. The van der Waals surface area contributed by atoms with Crippen molar-refractivity contribution in [2.75, 3.05) is 14.2 Å². The van der Waals surface area contributed by atoms with Gasteiger partial charge in [-0.2, -0.15) is 9.97 Å². The standard InChI is InChI=1S/C12H10N4O2/c1-17-11-9-10(15-12(16-11)18-2)14-8-6-4-3-5-7(8)13-9/h3-6H,1-2H3. The molecule has 6 nitrogen and oxygen atoms in total. The highest BCUT2D eigenvalue weighted by Gasteiger charge is 2.12. The molecule has 0 aliphatic rings. The summed E-state index contributed by atoms with van der Waals surface area (Å²) in [6, 6.07) is 7.77. The van der Waals surface area contributed by atoms with Crippen LogP contribution in [0.4, 0.5) is 0 Å². The van der Waals surface area contributed by atoms with Crippen molar-refractivity contribution in [3.63, 3.8) is 0 Å². The van der Waals surface area contributed by atoms with E-state index in [1.807, 2.05) is 24.3 Å². The van der Waals surface area contributed by atoms with Gasteiger partial charge in [0.25, 0.3) is 0 Å². The molecule has 0 amide bonds. The molecule has 2 aromatic heterocycles. The maximum atomic E-state index is 5.19. The molecular weight excluding hydrogens is 232 g/mol. The Balaban J connectivity index is 2.41. The number of rotatable bonds is 2. The van der Waals surface area contributed by atoms with Crippen molar-refractivity contribution in [2.24, 2.45) is 0 Å². The van der Waals surface area contributed by atoms with Gasteiger partial charge in [0.2, 0.25) is 5.88 Å². The van der Waals surface area contributed by atoms with Gasteiger partial charge in [0.05, 0.1) is 25.3 Å². The van der Waals surface area contributed by atoms with Crippen LogP contribution in [0, 0.1) is 0 Å². The summed E-state index contributed by atoms with van der Waals surface area (Å²) in [5.74, 6) is 0.357. The van der Waals surface area contributed by atoms with E-state index in [1.165, 1.54) is 14.2 Å². The number of ether oxygens (including phenoxy) is 2. The van der Waals surface area contributed by atoms with Crippen LogP contribution >= 0.6 is 0 Å². The molecule has 0 fully saturated rings. The van der Waals surface area contributed by atoms with Gasteiger partial charge < -0.3 is 9.47 Å². The Morgan fingerprint density at radius 1 is 0.833 bits per heavy atom. The SMILES string of the molecule is COc1nc(OC)c2nc3ccccc3nc2n1. The molecule has 0 aliphatic heterocycles. The molecule has 0 N–H and O–H groups in total. The zero-order valence-electron chi connectivity index (χ0n) is 9.91. The van der Waals surface area contributed by atoms with Gasteiger partial charge in [-0.05, 0) is 12.1 Å². The van der Waals surface area contributed by atoms with Crippen LogP contribution in [0.5, 0.6) is 11.9 Å². The molecule has 18 heavy (non-hydrogen) atoms. The quantitative estimate of drug-likeness (QED) is 0.635. The molecule has 0 unspecified atom stereocenters. The highest BCUT2D eigenvalue weighted by molar-refractivity contribution is 5.86. The zero-order valence-corrected chi connectivity index (χ0v) is 9.91. The number of benzene rings is 1. The van der Waals surface area contributed by atoms with Gasteiger partial charge in [-0.25, -0.2) is 9.97 Å². The van der Waals surface area contributed by atoms with Gasteiger partial charge in [-0.3, -0.25) is 0 Å². The van der Waals surface area contributed by atoms with Crippen molar-refractivity contribution in [2.45, 2.75) is 0 Å². The molecule has 0 atom stereocenters. The fraction of sp³-hybridized carbons (Fsp3) is 0.167. The minimum atomic E-state index is 0.212. The first-order valence-corrected chi connectivity index (χ1v) is 5.34. The number of hydrogen-bond acceptors (Lipinski definition) is 6. The van der Waals surface area contributed by atoms with Crippen LogP contribution in [0.3, 0.4) is 0 Å². The van der Waals surface area contributed by atoms with Crippen LogP contribution in [0.1, 0.15) is 0 Å². The summed E-state index contributed by atoms with van der Waals surface area (Å²) in [6.45, 7) is 0.